The van der Waals surface area contributed by atoms with Gasteiger partial charge in [-0.1, -0.05) is 0 Å². The first-order valence-corrected chi connectivity index (χ1v) is 27.2. The van der Waals surface area contributed by atoms with Crippen molar-refractivity contribution >= 4 is 58.0 Å². The summed E-state index contributed by atoms with van der Waals surface area (Å²) in [5.41, 5.74) is 0. The Morgan fingerprint density at radius 2 is 0.767 bits per heavy atom. The molecule has 5 rings (SSSR count). The van der Waals surface area contributed by atoms with E-state index in [9.17, 15) is 110 Å². The zero-order valence-corrected chi connectivity index (χ0v) is 41.1. The molecule has 5 heterocycles. The fourth-order valence-corrected chi connectivity index (χ4v) is 10.7. The molecule has 428 valence electrons. The van der Waals surface area contributed by atoms with Crippen LogP contribution in [0.3, 0.4) is 0 Å². The summed E-state index contributed by atoms with van der Waals surface area (Å²) in [5, 5.41) is 86.7. The molecule has 13 N–H and O–H groups in total. The molecule has 0 aromatic rings. The van der Waals surface area contributed by atoms with Crippen LogP contribution in [0.15, 0.2) is 0 Å². The molecule has 0 aliphatic carbocycles. The maximum absolute atomic E-state index is 12.4. The number of aliphatic carboxylic acids is 1. The van der Waals surface area contributed by atoms with Crippen molar-refractivity contribution in [3.05, 3.63) is 0 Å². The molecule has 0 aromatic carbocycles. The Hall–Kier alpha value is -1.82. The zero-order valence-electron chi connectivity index (χ0n) is 37.0. The second-order valence-electron chi connectivity index (χ2n) is 16.4. The molecule has 5 aliphatic rings. The minimum absolute atomic E-state index is 0.829. The van der Waals surface area contributed by atoms with Gasteiger partial charge < -0.3 is 83.5 Å². The van der Waals surface area contributed by atoms with Crippen molar-refractivity contribution in [2.75, 3.05) is 0 Å². The quantitative estimate of drug-likeness (QED) is 0.0504. The minimum atomic E-state index is -5.83. The van der Waals surface area contributed by atoms with Crippen LogP contribution in [0.2, 0.25) is 0 Å². The van der Waals surface area contributed by atoms with Crippen LogP contribution < -0.4 is 0 Å². The summed E-state index contributed by atoms with van der Waals surface area (Å²) in [6.07, 6.45) is -60.7. The average molecular weight is 1180 g/mol. The Kier molecular flexibility index (Phi) is 19.8. The normalized spacial score (nSPS) is 43.9. The fraction of sp³-hybridized carbons (Fsp3) is 0.967. The Labute approximate surface area is 412 Å². The molecule has 0 unspecified atom stereocenters. The topological polar surface area (TPSA) is 580 Å². The van der Waals surface area contributed by atoms with Crippen LogP contribution in [0.1, 0.15) is 27.7 Å². The van der Waals surface area contributed by atoms with Gasteiger partial charge in [-0.15, -0.1) is 0 Å². The van der Waals surface area contributed by atoms with E-state index in [-0.39, 0.29) is 0 Å². The van der Waals surface area contributed by atoms with E-state index in [1.54, 1.807) is 0 Å². The van der Waals surface area contributed by atoms with Crippen LogP contribution in [0.25, 0.3) is 0 Å². The average Bonchev–Trinajstić information content (AvgIpc) is 3.51. The molecule has 0 radical (unpaired) electrons. The number of hydrogen-bond acceptors (Lipinski definition) is 32. The first-order chi connectivity index (χ1) is 33.2. The van der Waals surface area contributed by atoms with E-state index in [1.165, 1.54) is 0 Å². The third-order valence-electron chi connectivity index (χ3n) is 11.1. The number of carboxylic acids is 1. The number of carboxylic acid groups (broad SMARTS) is 1. The van der Waals surface area contributed by atoms with Gasteiger partial charge in [0.15, 0.2) is 37.6 Å². The van der Waals surface area contributed by atoms with Crippen molar-refractivity contribution in [1.29, 1.82) is 0 Å². The molecule has 0 spiro atoms. The summed E-state index contributed by atoms with van der Waals surface area (Å²) in [6, 6.07) is 0. The van der Waals surface area contributed by atoms with Gasteiger partial charge in [0.05, 0.1) is 24.4 Å². The van der Waals surface area contributed by atoms with E-state index in [0.717, 1.165) is 27.7 Å². The van der Waals surface area contributed by atoms with Crippen molar-refractivity contribution in [2.24, 2.45) is 0 Å². The maximum atomic E-state index is 12.4. The van der Waals surface area contributed by atoms with Gasteiger partial charge in [-0.05, 0) is 27.7 Å². The molecule has 5 saturated heterocycles. The van der Waals surface area contributed by atoms with Crippen LogP contribution in [0.5, 0.6) is 0 Å². The van der Waals surface area contributed by atoms with Gasteiger partial charge in [-0.2, -0.15) is 42.1 Å². The van der Waals surface area contributed by atoms with Crippen LogP contribution in [-0.4, -0.2) is 265 Å². The molecule has 0 aromatic heterocycles. The molecular weight excluding hydrogens is 1130 g/mol. The van der Waals surface area contributed by atoms with Gasteiger partial charge in [0.2, 0.25) is 0 Å². The van der Waals surface area contributed by atoms with E-state index in [1.807, 2.05) is 0 Å². The van der Waals surface area contributed by atoms with Crippen molar-refractivity contribution < 1.29 is 174 Å². The predicted octanol–water partition coefficient (Wildman–Crippen LogP) is -8.59. The molecule has 73 heavy (non-hydrogen) atoms. The Morgan fingerprint density at radius 3 is 1.25 bits per heavy atom. The maximum Gasteiger partial charge on any atom is 0.397 e. The van der Waals surface area contributed by atoms with Gasteiger partial charge in [0.25, 0.3) is 0 Å². The summed E-state index contributed by atoms with van der Waals surface area (Å²) in [4.78, 5) is 12.4. The molecule has 0 amide bonds. The number of ether oxygens (including phenoxy) is 9. The van der Waals surface area contributed by atoms with Crippen molar-refractivity contribution in [3.63, 3.8) is 0 Å². The number of hydrogen-bond donors (Lipinski definition) is 13. The number of rotatable bonds is 20. The van der Waals surface area contributed by atoms with E-state index < -0.39 is 211 Å². The Morgan fingerprint density at radius 1 is 0.411 bits per heavy atom. The summed E-state index contributed by atoms with van der Waals surface area (Å²) >= 11 is 0. The van der Waals surface area contributed by atoms with Crippen molar-refractivity contribution in [1.82, 2.24) is 0 Å². The van der Waals surface area contributed by atoms with E-state index in [4.69, 9.17) is 46.8 Å². The lowest BCUT2D eigenvalue weighted by Gasteiger charge is -2.51. The highest BCUT2D eigenvalue weighted by molar-refractivity contribution is 7.81. The molecule has 5 aliphatic heterocycles. The third-order valence-corrected chi connectivity index (χ3v) is 13.4. The largest absolute Gasteiger partial charge is 0.479 e. The second-order valence-corrected chi connectivity index (χ2v) is 21.7. The van der Waals surface area contributed by atoms with E-state index in [2.05, 4.69) is 16.7 Å². The van der Waals surface area contributed by atoms with Gasteiger partial charge in [0, 0.05) is 0 Å². The van der Waals surface area contributed by atoms with Crippen LogP contribution in [0.4, 0.5) is 0 Å². The lowest BCUT2D eigenvalue weighted by molar-refractivity contribution is -0.403. The SMILES string of the molecule is C[C@@H](O)[C@H]1O[C@@H](O[C@H]2[C@@H](O[C@H]3[C@@H](O[C@@H]4[C@@H](O)[C@@H](O)O[C@H](C)[C@@H]4OS(=O)(=O)O)O[C@H](C)[C@H](OS(=O)(=O)O)[C@@H]3O[C@H]3O[C@H](C)[C@H](OS(=O)(=O)O)[C@H](OS(=O)(=O)O)[C@H]3O)O[C@H](C(=O)O)[C@@H](O)[C@@H]2O)[C@@H](O)[C@@H]1OS(=O)(=O)O. The summed E-state index contributed by atoms with van der Waals surface area (Å²) in [5.74, 6) is -2.12. The molecule has 0 bridgehead atoms. The van der Waals surface area contributed by atoms with Crippen LogP contribution >= 0.6 is 0 Å². The summed E-state index contributed by atoms with van der Waals surface area (Å²) in [7, 11) is -28.3. The predicted molar refractivity (Wildman–Crippen MR) is 213 cm³/mol. The number of carbonyl (C=O) groups is 1. The molecule has 43 heteroatoms. The monoisotopic (exact) mass is 1180 g/mol. The highest BCUT2D eigenvalue weighted by atomic mass is 32.3. The first-order valence-electron chi connectivity index (χ1n) is 20.3. The highest BCUT2D eigenvalue weighted by Gasteiger charge is 2.60. The standard InChI is InChI=1S/C30H50O38S5/c1-5(31)14-19(67-72(49,50)51)12(35)28(58-14)61-22-10(33)9(32)21(25(37)38)60-29(22)63-24-23(62-27-13(36)20(68-73(52,53)54)16(7(3)56-27)65-70(43,44)45)17(66-71(46,47)48)8(4)57-30(24)59-18-11(34)26(39)55-6(2)15(18)64-69(40,41)42/h5-24,26-36,39H,1-4H3,(H,37,38)(H,40,41,42)(H,43,44,45)(H,46,47,48)(H,49,50,51)(H,52,53,54)/t5-,6-,7-,8-,9+,10+,11-,12+,13-,14-,15+,16+,17+,18-,19+,20-,21+,22-,23+,24-,26+,27-,28+,29-,30-/m1/s1. The lowest BCUT2D eigenvalue weighted by atomic mass is 9.95. The van der Waals surface area contributed by atoms with E-state index in [0.29, 0.717) is 0 Å². The third kappa shape index (κ3) is 15.9. The lowest BCUT2D eigenvalue weighted by Crippen LogP contribution is -2.69. The Bertz CT molecular complexity index is 2480. The molecule has 25 atom stereocenters. The first kappa shape index (κ1) is 62.0. The molecule has 5 fully saturated rings. The van der Waals surface area contributed by atoms with Gasteiger partial charge >= 0.3 is 58.0 Å². The summed E-state index contributed by atoms with van der Waals surface area (Å²) in [6.45, 7) is 3.64. The van der Waals surface area contributed by atoms with Crippen LogP contribution in [-0.2, 0) is 120 Å². The molecular formula is C30H50O38S5. The molecule has 0 saturated carbocycles. The van der Waals surface area contributed by atoms with Gasteiger partial charge in [-0.3, -0.25) is 22.8 Å². The van der Waals surface area contributed by atoms with Crippen LogP contribution in [0, 0.1) is 0 Å². The summed E-state index contributed by atoms with van der Waals surface area (Å²) < 4.78 is 240. The Balaban J connectivity index is 1.70. The van der Waals surface area contributed by atoms with Gasteiger partial charge in [-0.25, -0.2) is 25.7 Å². The highest BCUT2D eigenvalue weighted by Crippen LogP contribution is 2.40. The van der Waals surface area contributed by atoms with E-state index >= 15 is 0 Å². The second kappa shape index (κ2) is 23.3. The zero-order chi connectivity index (χ0) is 55.4. The fourth-order valence-electron chi connectivity index (χ4n) is 8.04. The van der Waals surface area contributed by atoms with Gasteiger partial charge in [0.1, 0.15) is 91.6 Å². The van der Waals surface area contributed by atoms with Crippen molar-refractivity contribution in [2.45, 2.75) is 181 Å². The number of aliphatic hydroxyl groups excluding tert-OH is 7. The minimum Gasteiger partial charge on any atom is -0.479 e. The smallest absolute Gasteiger partial charge is 0.397 e. The van der Waals surface area contributed by atoms with Crippen molar-refractivity contribution in [3.8, 4) is 0 Å². The number of aliphatic hydroxyl groups is 7. The molecule has 38 nitrogen and oxygen atoms in total.